The standard InChI is InChI=1S/C8H17NO/c1-4-7(2)10-8(3)5-6-9/h4,8H,5-6,9H2,1-3H3/b7-4-. The molecule has 0 spiro atoms. The maximum atomic E-state index is 5.42. The Labute approximate surface area is 63.1 Å². The first-order valence-corrected chi connectivity index (χ1v) is 3.70. The molecule has 0 rings (SSSR count). The van der Waals surface area contributed by atoms with Crippen molar-refractivity contribution in [3.8, 4) is 0 Å². The molecule has 0 aliphatic rings. The zero-order valence-electron chi connectivity index (χ0n) is 7.05. The highest BCUT2D eigenvalue weighted by atomic mass is 16.5. The summed E-state index contributed by atoms with van der Waals surface area (Å²) in [5.74, 6) is 0.973. The first kappa shape index (κ1) is 9.50. The molecule has 0 aromatic carbocycles. The van der Waals surface area contributed by atoms with Gasteiger partial charge in [-0.05, 0) is 39.8 Å². The van der Waals surface area contributed by atoms with Crippen LogP contribution in [0.3, 0.4) is 0 Å². The Balaban J connectivity index is 3.47. The minimum Gasteiger partial charge on any atom is -0.496 e. The van der Waals surface area contributed by atoms with Crippen LogP contribution in [0.2, 0.25) is 0 Å². The van der Waals surface area contributed by atoms with Crippen LogP contribution in [0.4, 0.5) is 0 Å². The van der Waals surface area contributed by atoms with Crippen molar-refractivity contribution in [1.29, 1.82) is 0 Å². The maximum Gasteiger partial charge on any atom is 0.0966 e. The molecular weight excluding hydrogens is 126 g/mol. The molecule has 2 nitrogen and oxygen atoms in total. The van der Waals surface area contributed by atoms with Crippen molar-refractivity contribution in [2.75, 3.05) is 6.54 Å². The highest BCUT2D eigenvalue weighted by Gasteiger charge is 1.99. The molecule has 0 saturated carbocycles. The Kier molecular flexibility index (Phi) is 5.03. The van der Waals surface area contributed by atoms with Gasteiger partial charge < -0.3 is 10.5 Å². The second-order valence-corrected chi connectivity index (χ2v) is 2.41. The van der Waals surface area contributed by atoms with Crippen LogP contribution in [-0.4, -0.2) is 12.6 Å². The Hall–Kier alpha value is -0.500. The number of nitrogens with two attached hydrogens (primary N) is 1. The molecule has 0 amide bonds. The summed E-state index contributed by atoms with van der Waals surface area (Å²) in [4.78, 5) is 0. The van der Waals surface area contributed by atoms with Crippen molar-refractivity contribution < 1.29 is 4.74 Å². The van der Waals surface area contributed by atoms with Crippen molar-refractivity contribution in [2.45, 2.75) is 33.3 Å². The molecule has 60 valence electrons. The average Bonchev–Trinajstić information content (AvgIpc) is 1.88. The lowest BCUT2D eigenvalue weighted by atomic mass is 10.3. The Morgan fingerprint density at radius 3 is 2.70 bits per heavy atom. The molecule has 1 atom stereocenters. The predicted octanol–water partition coefficient (Wildman–Crippen LogP) is 1.66. The molecule has 0 radical (unpaired) electrons. The minimum absolute atomic E-state index is 0.251. The molecule has 0 saturated heterocycles. The fourth-order valence-electron chi connectivity index (χ4n) is 0.679. The van der Waals surface area contributed by atoms with E-state index in [-0.39, 0.29) is 6.10 Å². The van der Waals surface area contributed by atoms with E-state index in [4.69, 9.17) is 10.5 Å². The van der Waals surface area contributed by atoms with Crippen LogP contribution in [0, 0.1) is 0 Å². The normalized spacial score (nSPS) is 15.0. The van der Waals surface area contributed by atoms with Crippen LogP contribution in [0.25, 0.3) is 0 Å². The largest absolute Gasteiger partial charge is 0.496 e. The summed E-state index contributed by atoms with van der Waals surface area (Å²) in [6, 6.07) is 0. The van der Waals surface area contributed by atoms with E-state index in [0.717, 1.165) is 12.2 Å². The van der Waals surface area contributed by atoms with Gasteiger partial charge >= 0.3 is 0 Å². The van der Waals surface area contributed by atoms with Gasteiger partial charge in [-0.2, -0.15) is 0 Å². The fourth-order valence-corrected chi connectivity index (χ4v) is 0.679. The molecular formula is C8H17NO. The SMILES string of the molecule is C/C=C(/C)OC(C)CCN. The minimum atomic E-state index is 0.251. The highest BCUT2D eigenvalue weighted by molar-refractivity contribution is 4.85. The molecule has 0 aromatic heterocycles. The quantitative estimate of drug-likeness (QED) is 0.607. The lowest BCUT2D eigenvalue weighted by molar-refractivity contribution is 0.127. The molecule has 0 bridgehead atoms. The fraction of sp³-hybridized carbons (Fsp3) is 0.750. The summed E-state index contributed by atoms with van der Waals surface area (Å²) in [5.41, 5.74) is 5.35. The van der Waals surface area contributed by atoms with Crippen molar-refractivity contribution in [1.82, 2.24) is 0 Å². The van der Waals surface area contributed by atoms with Crippen LogP contribution in [0.15, 0.2) is 11.8 Å². The number of hydrogen-bond acceptors (Lipinski definition) is 2. The predicted molar refractivity (Wildman–Crippen MR) is 43.6 cm³/mol. The molecule has 0 aliphatic carbocycles. The van der Waals surface area contributed by atoms with Crippen molar-refractivity contribution >= 4 is 0 Å². The van der Waals surface area contributed by atoms with E-state index in [2.05, 4.69) is 0 Å². The summed E-state index contributed by atoms with van der Waals surface area (Å²) >= 11 is 0. The first-order chi connectivity index (χ1) is 4.70. The maximum absolute atomic E-state index is 5.42. The van der Waals surface area contributed by atoms with Gasteiger partial charge in [-0.3, -0.25) is 0 Å². The molecule has 0 fully saturated rings. The first-order valence-electron chi connectivity index (χ1n) is 3.70. The Morgan fingerprint density at radius 2 is 2.30 bits per heavy atom. The van der Waals surface area contributed by atoms with E-state index in [1.54, 1.807) is 0 Å². The van der Waals surface area contributed by atoms with Crippen LogP contribution >= 0.6 is 0 Å². The highest BCUT2D eigenvalue weighted by Crippen LogP contribution is 2.03. The van der Waals surface area contributed by atoms with Gasteiger partial charge in [0.05, 0.1) is 11.9 Å². The number of rotatable bonds is 4. The zero-order valence-corrected chi connectivity index (χ0v) is 7.05. The van der Waals surface area contributed by atoms with Crippen LogP contribution in [0.5, 0.6) is 0 Å². The molecule has 0 aromatic rings. The Bertz CT molecular complexity index is 110. The monoisotopic (exact) mass is 143 g/mol. The van der Waals surface area contributed by atoms with Crippen molar-refractivity contribution in [3.63, 3.8) is 0 Å². The van der Waals surface area contributed by atoms with E-state index in [0.29, 0.717) is 6.54 Å². The van der Waals surface area contributed by atoms with Gasteiger partial charge in [-0.15, -0.1) is 0 Å². The van der Waals surface area contributed by atoms with Gasteiger partial charge in [0, 0.05) is 0 Å². The Morgan fingerprint density at radius 1 is 1.70 bits per heavy atom. The second kappa shape index (κ2) is 5.30. The van der Waals surface area contributed by atoms with Crippen molar-refractivity contribution in [3.05, 3.63) is 11.8 Å². The van der Waals surface area contributed by atoms with Crippen molar-refractivity contribution in [2.24, 2.45) is 5.73 Å². The summed E-state index contributed by atoms with van der Waals surface area (Å²) in [6.45, 7) is 6.63. The van der Waals surface area contributed by atoms with Gasteiger partial charge in [0.1, 0.15) is 0 Å². The van der Waals surface area contributed by atoms with Crippen LogP contribution < -0.4 is 5.73 Å². The molecule has 10 heavy (non-hydrogen) atoms. The zero-order chi connectivity index (χ0) is 7.98. The van der Waals surface area contributed by atoms with Gasteiger partial charge in [-0.25, -0.2) is 0 Å². The van der Waals surface area contributed by atoms with Crippen LogP contribution in [-0.2, 0) is 4.74 Å². The lowest BCUT2D eigenvalue weighted by Crippen LogP contribution is -2.12. The molecule has 1 unspecified atom stereocenters. The number of hydrogen-bond donors (Lipinski definition) is 1. The third-order valence-electron chi connectivity index (χ3n) is 1.37. The number of allylic oxidation sites excluding steroid dienone is 2. The summed E-state index contributed by atoms with van der Waals surface area (Å²) < 4.78 is 5.42. The molecule has 0 heterocycles. The van der Waals surface area contributed by atoms with E-state index >= 15 is 0 Å². The average molecular weight is 143 g/mol. The van der Waals surface area contributed by atoms with E-state index < -0.39 is 0 Å². The molecule has 0 aliphatic heterocycles. The van der Waals surface area contributed by atoms with Gasteiger partial charge in [0.2, 0.25) is 0 Å². The number of ether oxygens (including phenoxy) is 1. The van der Waals surface area contributed by atoms with Crippen LogP contribution in [0.1, 0.15) is 27.2 Å². The topological polar surface area (TPSA) is 35.2 Å². The van der Waals surface area contributed by atoms with E-state index in [9.17, 15) is 0 Å². The molecule has 2 N–H and O–H groups in total. The third kappa shape index (κ3) is 4.39. The third-order valence-corrected chi connectivity index (χ3v) is 1.37. The van der Waals surface area contributed by atoms with Gasteiger partial charge in [0.25, 0.3) is 0 Å². The summed E-state index contributed by atoms with van der Waals surface area (Å²) in [7, 11) is 0. The second-order valence-electron chi connectivity index (χ2n) is 2.41. The molecule has 2 heteroatoms. The summed E-state index contributed by atoms with van der Waals surface area (Å²) in [5, 5.41) is 0. The lowest BCUT2D eigenvalue weighted by Gasteiger charge is -2.13. The summed E-state index contributed by atoms with van der Waals surface area (Å²) in [6.07, 6.45) is 3.12. The smallest absolute Gasteiger partial charge is 0.0966 e. The van der Waals surface area contributed by atoms with E-state index in [1.165, 1.54) is 0 Å². The van der Waals surface area contributed by atoms with Gasteiger partial charge in [-0.1, -0.05) is 0 Å². The van der Waals surface area contributed by atoms with E-state index in [1.807, 2.05) is 26.8 Å². The van der Waals surface area contributed by atoms with Gasteiger partial charge in [0.15, 0.2) is 0 Å².